The second kappa shape index (κ2) is 7.39. The van der Waals surface area contributed by atoms with Gasteiger partial charge in [-0.15, -0.1) is 0 Å². The summed E-state index contributed by atoms with van der Waals surface area (Å²) >= 11 is 0. The van der Waals surface area contributed by atoms with Crippen LogP contribution in [0.1, 0.15) is 45.1 Å². The zero-order chi connectivity index (χ0) is 19.8. The number of piperidine rings is 1. The van der Waals surface area contributed by atoms with E-state index in [9.17, 15) is 9.59 Å². The van der Waals surface area contributed by atoms with E-state index in [0.29, 0.717) is 18.8 Å². The maximum atomic E-state index is 12.0. The van der Waals surface area contributed by atoms with E-state index in [-0.39, 0.29) is 22.8 Å². The first kappa shape index (κ1) is 20.1. The highest BCUT2D eigenvalue weighted by Gasteiger charge is 2.39. The van der Waals surface area contributed by atoms with Crippen LogP contribution in [0.25, 0.3) is 0 Å². The first-order valence-electron chi connectivity index (χ1n) is 9.89. The van der Waals surface area contributed by atoms with Crippen molar-refractivity contribution in [2.75, 3.05) is 24.6 Å². The molecule has 2 saturated heterocycles. The Balaban J connectivity index is 1.50. The van der Waals surface area contributed by atoms with Crippen molar-refractivity contribution in [1.29, 1.82) is 0 Å². The van der Waals surface area contributed by atoms with Gasteiger partial charge in [-0.25, -0.2) is 0 Å². The molecule has 1 N–H and O–H groups in total. The van der Waals surface area contributed by atoms with E-state index < -0.39 is 8.32 Å². The molecule has 0 radical (unpaired) electrons. The largest absolute Gasteiger partial charge is 0.416 e. The van der Waals surface area contributed by atoms with E-state index in [1.54, 1.807) is 0 Å². The number of carbonyl (C=O) groups is 2. The Hall–Kier alpha value is -1.66. The molecule has 0 bridgehead atoms. The zero-order valence-corrected chi connectivity index (χ0v) is 18.2. The van der Waals surface area contributed by atoms with Gasteiger partial charge in [-0.2, -0.15) is 0 Å². The van der Waals surface area contributed by atoms with Crippen LogP contribution in [-0.2, 0) is 14.0 Å². The summed E-state index contributed by atoms with van der Waals surface area (Å²) in [7, 11) is -1.67. The lowest BCUT2D eigenvalue weighted by molar-refractivity contribution is -0.134. The maximum absolute atomic E-state index is 12.0. The van der Waals surface area contributed by atoms with Crippen LogP contribution < -0.4 is 10.2 Å². The molecule has 27 heavy (non-hydrogen) atoms. The molecule has 3 rings (SSSR count). The molecule has 0 aliphatic carbocycles. The Morgan fingerprint density at radius 3 is 2.33 bits per heavy atom. The molecule has 1 atom stereocenters. The number of imide groups is 1. The third-order valence-corrected chi connectivity index (χ3v) is 10.8. The van der Waals surface area contributed by atoms with Gasteiger partial charge in [0.05, 0.1) is 5.92 Å². The van der Waals surface area contributed by atoms with Crippen molar-refractivity contribution in [3.8, 4) is 0 Å². The third-order valence-electron chi connectivity index (χ3n) is 6.34. The highest BCUT2D eigenvalue weighted by Crippen LogP contribution is 2.37. The normalized spacial score (nSPS) is 21.8. The summed E-state index contributed by atoms with van der Waals surface area (Å²) in [4.78, 5) is 25.7. The van der Waals surface area contributed by atoms with Crippen LogP contribution in [0.4, 0.5) is 5.69 Å². The lowest BCUT2D eigenvalue weighted by Gasteiger charge is -2.44. The summed E-state index contributed by atoms with van der Waals surface area (Å²) in [6.45, 7) is 14.3. The molecule has 1 aromatic rings. The number of nitrogens with zero attached hydrogens (tertiary/aromatic N) is 1. The fourth-order valence-electron chi connectivity index (χ4n) is 3.36. The predicted molar refractivity (Wildman–Crippen MR) is 110 cm³/mol. The average molecular weight is 389 g/mol. The number of carbonyl (C=O) groups excluding carboxylic acids is 2. The van der Waals surface area contributed by atoms with Crippen molar-refractivity contribution >= 4 is 25.8 Å². The first-order valence-corrected chi connectivity index (χ1v) is 12.8. The summed E-state index contributed by atoms with van der Waals surface area (Å²) in [6.07, 6.45) is 1.01. The highest BCUT2D eigenvalue weighted by atomic mass is 28.4. The van der Waals surface area contributed by atoms with Gasteiger partial charge in [0.1, 0.15) is 0 Å². The summed E-state index contributed by atoms with van der Waals surface area (Å²) in [5, 5.41) is 2.68. The van der Waals surface area contributed by atoms with Gasteiger partial charge < -0.3 is 9.33 Å². The fraction of sp³-hybridized carbons (Fsp3) is 0.619. The van der Waals surface area contributed by atoms with Crippen LogP contribution in [0.3, 0.4) is 0 Å². The van der Waals surface area contributed by atoms with Crippen molar-refractivity contribution in [1.82, 2.24) is 5.32 Å². The molecule has 148 valence electrons. The van der Waals surface area contributed by atoms with Crippen LogP contribution in [-0.4, -0.2) is 39.8 Å². The molecule has 2 aliphatic heterocycles. The van der Waals surface area contributed by atoms with Crippen LogP contribution in [0.15, 0.2) is 24.3 Å². The second-order valence-electron chi connectivity index (χ2n) is 9.44. The molecule has 6 heteroatoms. The predicted octanol–water partition coefficient (Wildman–Crippen LogP) is 3.66. The molecule has 0 unspecified atom stereocenters. The molecule has 0 saturated carbocycles. The van der Waals surface area contributed by atoms with Crippen molar-refractivity contribution in [2.45, 2.75) is 57.7 Å². The number of amides is 2. The van der Waals surface area contributed by atoms with Crippen molar-refractivity contribution in [2.24, 2.45) is 5.92 Å². The van der Waals surface area contributed by atoms with Gasteiger partial charge in [0.25, 0.3) is 0 Å². The molecule has 0 spiro atoms. The molecule has 0 aromatic heterocycles. The Bertz CT molecular complexity index is 703. The molecular formula is C21H32N2O3Si. The number of rotatable bonds is 5. The summed E-state index contributed by atoms with van der Waals surface area (Å²) in [5.41, 5.74) is 2.18. The monoisotopic (exact) mass is 388 g/mol. The quantitative estimate of drug-likeness (QED) is 0.618. The minimum absolute atomic E-state index is 0.167. The minimum Gasteiger partial charge on any atom is -0.416 e. The molecule has 2 heterocycles. The standard InChI is InChI=1S/C21H32N2O3Si/c1-21(2,3)27(4,5)26-14-15-12-23(13-15)17-8-6-16(7-9-17)18-10-11-19(24)22-20(18)25/h6-9,15,18H,10-14H2,1-5H3,(H,22,24,25)/t18-/m1/s1. The number of hydrogen-bond donors (Lipinski definition) is 1. The lowest BCUT2D eigenvalue weighted by atomic mass is 9.90. The molecule has 1 aromatic carbocycles. The molecule has 2 amide bonds. The Morgan fingerprint density at radius 1 is 1.15 bits per heavy atom. The number of anilines is 1. The Morgan fingerprint density at radius 2 is 1.78 bits per heavy atom. The first-order chi connectivity index (χ1) is 12.6. The smallest absolute Gasteiger partial charge is 0.234 e. The summed E-state index contributed by atoms with van der Waals surface area (Å²) < 4.78 is 6.34. The van der Waals surface area contributed by atoms with Gasteiger partial charge >= 0.3 is 0 Å². The van der Waals surface area contributed by atoms with Gasteiger partial charge in [-0.3, -0.25) is 14.9 Å². The van der Waals surface area contributed by atoms with E-state index in [1.165, 1.54) is 5.69 Å². The van der Waals surface area contributed by atoms with Crippen molar-refractivity contribution in [3.63, 3.8) is 0 Å². The van der Waals surface area contributed by atoms with Gasteiger partial charge in [-0.1, -0.05) is 32.9 Å². The van der Waals surface area contributed by atoms with E-state index in [1.807, 2.05) is 12.1 Å². The number of nitrogens with one attached hydrogen (secondary N) is 1. The molecule has 2 fully saturated rings. The minimum atomic E-state index is -1.67. The second-order valence-corrected chi connectivity index (χ2v) is 14.2. The SMILES string of the molecule is CC(C)(C)[Si](C)(C)OCC1CN(c2ccc([C@H]3CCC(=O)NC3=O)cc2)C1. The highest BCUT2D eigenvalue weighted by molar-refractivity contribution is 6.74. The molecular weight excluding hydrogens is 356 g/mol. The van der Waals surface area contributed by atoms with Gasteiger partial charge in [0, 0.05) is 37.7 Å². The van der Waals surface area contributed by atoms with Crippen LogP contribution >= 0.6 is 0 Å². The average Bonchev–Trinajstić information content (AvgIpc) is 2.53. The van der Waals surface area contributed by atoms with Gasteiger partial charge in [-0.05, 0) is 42.2 Å². The molecule has 5 nitrogen and oxygen atoms in total. The van der Waals surface area contributed by atoms with Crippen LogP contribution in [0.2, 0.25) is 18.1 Å². The Kier molecular flexibility index (Phi) is 5.50. The lowest BCUT2D eigenvalue weighted by Crippen LogP contribution is -2.51. The topological polar surface area (TPSA) is 58.6 Å². The van der Waals surface area contributed by atoms with E-state index >= 15 is 0 Å². The fourth-order valence-corrected chi connectivity index (χ4v) is 4.44. The molecule has 2 aliphatic rings. The van der Waals surface area contributed by atoms with E-state index in [0.717, 1.165) is 25.3 Å². The van der Waals surface area contributed by atoms with E-state index in [4.69, 9.17) is 4.43 Å². The van der Waals surface area contributed by atoms with Gasteiger partial charge in [0.15, 0.2) is 8.32 Å². The van der Waals surface area contributed by atoms with Crippen molar-refractivity contribution < 1.29 is 14.0 Å². The summed E-state index contributed by atoms with van der Waals surface area (Å²) in [6, 6.07) is 8.22. The van der Waals surface area contributed by atoms with Crippen LogP contribution in [0, 0.1) is 5.92 Å². The zero-order valence-electron chi connectivity index (χ0n) is 17.2. The number of benzene rings is 1. The van der Waals surface area contributed by atoms with Crippen LogP contribution in [0.5, 0.6) is 0 Å². The van der Waals surface area contributed by atoms with Crippen molar-refractivity contribution in [3.05, 3.63) is 29.8 Å². The third kappa shape index (κ3) is 4.43. The van der Waals surface area contributed by atoms with Gasteiger partial charge in [0.2, 0.25) is 11.8 Å². The Labute approximate surface area is 163 Å². The number of hydrogen-bond acceptors (Lipinski definition) is 4. The maximum Gasteiger partial charge on any atom is 0.234 e. The summed E-state index contributed by atoms with van der Waals surface area (Å²) in [5.74, 6) is 0.0398. The van der Waals surface area contributed by atoms with E-state index in [2.05, 4.69) is 56.2 Å².